The van der Waals surface area contributed by atoms with Crippen molar-refractivity contribution in [3.8, 4) is 5.75 Å². The van der Waals surface area contributed by atoms with Gasteiger partial charge < -0.3 is 10.1 Å². The summed E-state index contributed by atoms with van der Waals surface area (Å²) < 4.78 is 34.3. The molecule has 1 atom stereocenters. The highest BCUT2D eigenvalue weighted by molar-refractivity contribution is 7.92. The van der Waals surface area contributed by atoms with E-state index in [0.29, 0.717) is 17.7 Å². The van der Waals surface area contributed by atoms with Gasteiger partial charge in [0.05, 0.1) is 23.7 Å². The third kappa shape index (κ3) is 5.59. The summed E-state index contributed by atoms with van der Waals surface area (Å²) in [5.74, 6) is 0.456. The van der Waals surface area contributed by atoms with Gasteiger partial charge in [-0.05, 0) is 80.6 Å². The number of carbonyl (C=O) groups excluding carboxylic acids is 1. The van der Waals surface area contributed by atoms with Crippen LogP contribution in [0.25, 0.3) is 0 Å². The van der Waals surface area contributed by atoms with E-state index in [0.717, 1.165) is 28.0 Å². The Morgan fingerprint density at radius 1 is 0.912 bits per heavy atom. The van der Waals surface area contributed by atoms with Crippen LogP contribution in [-0.2, 0) is 10.0 Å². The maximum atomic E-state index is 13.2. The first kappa shape index (κ1) is 25.3. The van der Waals surface area contributed by atoms with E-state index in [1.54, 1.807) is 32.2 Å². The second-order valence-electron chi connectivity index (χ2n) is 8.57. The number of hydrogen-bond acceptors (Lipinski definition) is 4. The van der Waals surface area contributed by atoms with Crippen LogP contribution < -0.4 is 14.8 Å². The lowest BCUT2D eigenvalue weighted by Gasteiger charge is -2.19. The largest absolute Gasteiger partial charge is 0.496 e. The number of hydrogen-bond donors (Lipinski definition) is 2. The SMILES string of the molecule is CCC(NC(=O)c1ccc(C)c(S(=O)(=O)Nc2ccc(C)cc2C)c1)c1ccc(OC)c(C)c1. The molecule has 0 aromatic heterocycles. The quantitative estimate of drug-likeness (QED) is 0.439. The Morgan fingerprint density at radius 3 is 2.26 bits per heavy atom. The summed E-state index contributed by atoms with van der Waals surface area (Å²) >= 11 is 0. The van der Waals surface area contributed by atoms with E-state index in [1.807, 2.05) is 58.0 Å². The Morgan fingerprint density at radius 2 is 1.65 bits per heavy atom. The zero-order valence-electron chi connectivity index (χ0n) is 20.5. The van der Waals surface area contributed by atoms with Gasteiger partial charge in [0.15, 0.2) is 0 Å². The van der Waals surface area contributed by atoms with Gasteiger partial charge in [0, 0.05) is 5.56 Å². The highest BCUT2D eigenvalue weighted by Crippen LogP contribution is 2.26. The van der Waals surface area contributed by atoms with Crippen molar-refractivity contribution in [3.63, 3.8) is 0 Å². The number of nitrogens with one attached hydrogen (secondary N) is 2. The molecule has 0 fully saturated rings. The van der Waals surface area contributed by atoms with Crippen LogP contribution in [0.2, 0.25) is 0 Å². The topological polar surface area (TPSA) is 84.5 Å². The lowest BCUT2D eigenvalue weighted by molar-refractivity contribution is 0.0935. The van der Waals surface area contributed by atoms with Gasteiger partial charge in [0.25, 0.3) is 15.9 Å². The molecule has 34 heavy (non-hydrogen) atoms. The second kappa shape index (κ2) is 10.3. The van der Waals surface area contributed by atoms with Crippen molar-refractivity contribution in [2.24, 2.45) is 0 Å². The lowest BCUT2D eigenvalue weighted by atomic mass is 10.0. The summed E-state index contributed by atoms with van der Waals surface area (Å²) in [4.78, 5) is 13.2. The van der Waals surface area contributed by atoms with Gasteiger partial charge in [-0.2, -0.15) is 0 Å². The second-order valence-corrected chi connectivity index (χ2v) is 10.2. The minimum atomic E-state index is -3.88. The first-order valence-corrected chi connectivity index (χ1v) is 12.7. The van der Waals surface area contributed by atoms with Crippen LogP contribution in [0.1, 0.15) is 57.6 Å². The summed E-state index contributed by atoms with van der Waals surface area (Å²) in [6.07, 6.45) is 0.683. The van der Waals surface area contributed by atoms with Crippen molar-refractivity contribution in [1.82, 2.24) is 5.32 Å². The fraction of sp³-hybridized carbons (Fsp3) is 0.296. The Balaban J connectivity index is 1.86. The number of amides is 1. The molecule has 0 aliphatic carbocycles. The fourth-order valence-corrected chi connectivity index (χ4v) is 5.34. The average molecular weight is 481 g/mol. The van der Waals surface area contributed by atoms with Gasteiger partial charge in [-0.15, -0.1) is 0 Å². The van der Waals surface area contributed by atoms with Gasteiger partial charge in [0.2, 0.25) is 0 Å². The molecule has 0 aliphatic rings. The van der Waals surface area contributed by atoms with E-state index < -0.39 is 10.0 Å². The maximum Gasteiger partial charge on any atom is 0.262 e. The molecule has 0 bridgehead atoms. The predicted molar refractivity (Wildman–Crippen MR) is 136 cm³/mol. The third-order valence-electron chi connectivity index (χ3n) is 5.90. The molecular weight excluding hydrogens is 448 g/mol. The molecule has 6 nitrogen and oxygen atoms in total. The number of sulfonamides is 1. The number of ether oxygens (including phenoxy) is 1. The molecule has 0 spiro atoms. The molecule has 3 aromatic rings. The van der Waals surface area contributed by atoms with Crippen LogP contribution in [0.5, 0.6) is 5.75 Å². The van der Waals surface area contributed by atoms with Crippen molar-refractivity contribution < 1.29 is 17.9 Å². The average Bonchev–Trinajstić information content (AvgIpc) is 2.79. The van der Waals surface area contributed by atoms with Gasteiger partial charge in [-0.1, -0.05) is 42.8 Å². The molecule has 0 radical (unpaired) electrons. The number of carbonyl (C=O) groups is 1. The van der Waals surface area contributed by atoms with E-state index >= 15 is 0 Å². The maximum absolute atomic E-state index is 13.2. The zero-order chi connectivity index (χ0) is 25.0. The number of benzene rings is 3. The molecule has 1 unspecified atom stereocenters. The van der Waals surface area contributed by atoms with E-state index in [2.05, 4.69) is 10.0 Å². The van der Waals surface area contributed by atoms with Crippen LogP contribution in [-0.4, -0.2) is 21.4 Å². The van der Waals surface area contributed by atoms with E-state index in [4.69, 9.17) is 4.74 Å². The summed E-state index contributed by atoms with van der Waals surface area (Å²) in [6.45, 7) is 9.47. The summed E-state index contributed by atoms with van der Waals surface area (Å²) in [7, 11) is -2.25. The van der Waals surface area contributed by atoms with E-state index in [1.165, 1.54) is 6.07 Å². The van der Waals surface area contributed by atoms with Crippen LogP contribution >= 0.6 is 0 Å². The normalized spacial score (nSPS) is 12.2. The summed E-state index contributed by atoms with van der Waals surface area (Å²) in [6, 6.07) is 15.8. The minimum Gasteiger partial charge on any atom is -0.496 e. The molecule has 0 saturated carbocycles. The standard InChI is InChI=1S/C27H32N2O4S/c1-7-23(21-11-13-25(33-6)20(5)15-21)28-27(30)22-10-9-18(3)26(16-22)34(31,32)29-24-12-8-17(2)14-19(24)4/h8-16,23,29H,7H2,1-6H3,(H,28,30). The summed E-state index contributed by atoms with van der Waals surface area (Å²) in [5, 5.41) is 3.03. The van der Waals surface area contributed by atoms with Gasteiger partial charge in [-0.3, -0.25) is 9.52 Å². The Hall–Kier alpha value is -3.32. The highest BCUT2D eigenvalue weighted by atomic mass is 32.2. The van der Waals surface area contributed by atoms with Crippen molar-refractivity contribution in [2.75, 3.05) is 11.8 Å². The van der Waals surface area contributed by atoms with E-state index in [-0.39, 0.29) is 22.4 Å². The molecule has 3 rings (SSSR count). The smallest absolute Gasteiger partial charge is 0.262 e. The van der Waals surface area contributed by atoms with Crippen molar-refractivity contribution in [2.45, 2.75) is 52.0 Å². The molecule has 7 heteroatoms. The molecule has 3 aromatic carbocycles. The third-order valence-corrected chi connectivity index (χ3v) is 7.41. The first-order valence-electron chi connectivity index (χ1n) is 11.2. The number of anilines is 1. The van der Waals surface area contributed by atoms with Crippen molar-refractivity contribution >= 4 is 21.6 Å². The van der Waals surface area contributed by atoms with Gasteiger partial charge >= 0.3 is 0 Å². The zero-order valence-corrected chi connectivity index (χ0v) is 21.3. The molecule has 0 heterocycles. The van der Waals surface area contributed by atoms with Crippen LogP contribution in [0, 0.1) is 27.7 Å². The molecule has 2 N–H and O–H groups in total. The molecular formula is C27H32N2O4S. The monoisotopic (exact) mass is 480 g/mol. The van der Waals surface area contributed by atoms with E-state index in [9.17, 15) is 13.2 Å². The molecule has 180 valence electrons. The first-order chi connectivity index (χ1) is 16.1. The predicted octanol–water partition coefficient (Wildman–Crippen LogP) is 5.61. The highest BCUT2D eigenvalue weighted by Gasteiger charge is 2.21. The van der Waals surface area contributed by atoms with Crippen molar-refractivity contribution in [1.29, 1.82) is 0 Å². The number of methoxy groups -OCH3 is 1. The number of aryl methyl sites for hydroxylation is 4. The van der Waals surface area contributed by atoms with Gasteiger partial charge in [-0.25, -0.2) is 8.42 Å². The number of rotatable bonds is 8. The lowest BCUT2D eigenvalue weighted by Crippen LogP contribution is -2.28. The van der Waals surface area contributed by atoms with Crippen LogP contribution in [0.3, 0.4) is 0 Å². The molecule has 0 saturated heterocycles. The van der Waals surface area contributed by atoms with Crippen LogP contribution in [0.4, 0.5) is 5.69 Å². The Kier molecular flexibility index (Phi) is 7.67. The Labute approximate surface area is 202 Å². The van der Waals surface area contributed by atoms with Gasteiger partial charge in [0.1, 0.15) is 5.75 Å². The van der Waals surface area contributed by atoms with Crippen LogP contribution in [0.15, 0.2) is 59.5 Å². The van der Waals surface area contributed by atoms with Crippen molar-refractivity contribution in [3.05, 3.63) is 88.0 Å². The Bertz CT molecular complexity index is 1320. The fourth-order valence-electron chi connectivity index (χ4n) is 3.94. The summed E-state index contributed by atoms with van der Waals surface area (Å²) in [5.41, 5.74) is 5.19. The molecule has 0 aliphatic heterocycles. The minimum absolute atomic E-state index is 0.0773. The molecule has 1 amide bonds.